The molecule has 0 saturated carbocycles. The summed E-state index contributed by atoms with van der Waals surface area (Å²) in [6.07, 6.45) is -2.88. The fourth-order valence-corrected chi connectivity index (χ4v) is 1.77. The van der Waals surface area contributed by atoms with Gasteiger partial charge < -0.3 is 24.5 Å². The van der Waals surface area contributed by atoms with Crippen molar-refractivity contribution in [2.75, 3.05) is 11.4 Å². The summed E-state index contributed by atoms with van der Waals surface area (Å²) in [4.78, 5) is 41.6. The van der Waals surface area contributed by atoms with Crippen LogP contribution in [0.1, 0.15) is 33.6 Å². The maximum absolute atomic E-state index is 12.3. The van der Waals surface area contributed by atoms with Crippen LogP contribution in [0.4, 0.5) is 20.2 Å². The number of ether oxygens (including phenoxy) is 2. The zero-order valence-corrected chi connectivity index (χ0v) is 14.6. The van der Waals surface area contributed by atoms with Gasteiger partial charge in [-0.25, -0.2) is 19.6 Å². The molecule has 0 unspecified atom stereocenters. The van der Waals surface area contributed by atoms with Gasteiger partial charge in [0.2, 0.25) is 0 Å². The molecule has 0 fully saturated rings. The number of carboxylic acid groups (broad SMARTS) is 1. The topological polar surface area (TPSA) is 144 Å². The van der Waals surface area contributed by atoms with Gasteiger partial charge in [0.15, 0.2) is 0 Å². The molecule has 2 amide bonds. The van der Waals surface area contributed by atoms with Crippen LogP contribution in [-0.2, 0) is 9.47 Å². The van der Waals surface area contributed by atoms with Gasteiger partial charge >= 0.3 is 12.2 Å². The zero-order valence-electron chi connectivity index (χ0n) is 14.6. The average molecular weight is 365 g/mol. The summed E-state index contributed by atoms with van der Waals surface area (Å²) < 4.78 is 8.91. The number of hydrogen-bond acceptors (Lipinski definition) is 8. The highest BCUT2D eigenvalue weighted by molar-refractivity contribution is 5.89. The summed E-state index contributed by atoms with van der Waals surface area (Å²) in [5.74, 6) is -0.552. The quantitative estimate of drug-likeness (QED) is 0.323. The van der Waals surface area contributed by atoms with E-state index < -0.39 is 29.8 Å². The predicted molar refractivity (Wildman–Crippen MR) is 86.4 cm³/mol. The lowest BCUT2D eigenvalue weighted by Gasteiger charge is -2.27. The van der Waals surface area contributed by atoms with Crippen LogP contribution in [-0.4, -0.2) is 41.4 Å². The molecule has 0 bridgehead atoms. The molecule has 0 aliphatic rings. The average Bonchev–Trinajstić information content (AvgIpc) is 2.49. The Labute approximate surface area is 150 Å². The summed E-state index contributed by atoms with van der Waals surface area (Å²) in [7, 11) is 0. The lowest BCUT2D eigenvalue weighted by Crippen LogP contribution is -2.38. The Morgan fingerprint density at radius 3 is 2.46 bits per heavy atom. The van der Waals surface area contributed by atoms with Crippen LogP contribution in [0.2, 0.25) is 0 Å². The molecular formula is C16H19N3O7-2. The van der Waals surface area contributed by atoms with E-state index in [1.807, 2.05) is 0 Å². The van der Waals surface area contributed by atoms with Crippen LogP contribution < -0.4 is 15.1 Å². The molecule has 10 nitrogen and oxygen atoms in total. The number of pyridine rings is 1. The molecule has 0 saturated heterocycles. The Kier molecular flexibility index (Phi) is 7.51. The molecule has 1 rings (SSSR count). The summed E-state index contributed by atoms with van der Waals surface area (Å²) in [5.41, 5.74) is -0.718. The number of aliphatic imine (C=N–C) groups is 1. The number of carbonyl (C=O) groups is 3. The fraction of sp³-hybridized carbons (Fsp3) is 0.438. The third-order valence-electron chi connectivity index (χ3n) is 2.70. The number of carbonyl (C=O) groups excluding carboxylic acids is 3. The largest absolute Gasteiger partial charge is 0.862 e. The molecule has 1 heterocycles. The van der Waals surface area contributed by atoms with Crippen molar-refractivity contribution in [3.8, 4) is 0 Å². The van der Waals surface area contributed by atoms with Crippen LogP contribution >= 0.6 is 0 Å². The molecule has 0 aliphatic carbocycles. The number of amides is 2. The van der Waals surface area contributed by atoms with Crippen molar-refractivity contribution in [1.29, 1.82) is 0 Å². The van der Waals surface area contributed by atoms with Gasteiger partial charge in [-0.2, -0.15) is 0 Å². The Hall–Kier alpha value is -3.17. The van der Waals surface area contributed by atoms with Gasteiger partial charge in [0.1, 0.15) is 11.4 Å². The van der Waals surface area contributed by atoms with Crippen molar-refractivity contribution in [3.05, 3.63) is 24.4 Å². The Morgan fingerprint density at radius 1 is 1.23 bits per heavy atom. The maximum Gasteiger partial charge on any atom is 0.416 e. The molecule has 142 valence electrons. The van der Waals surface area contributed by atoms with E-state index in [1.54, 1.807) is 39.0 Å². The second-order valence-corrected chi connectivity index (χ2v) is 6.05. The Bertz CT molecular complexity index is 668. The smallest absolute Gasteiger partial charge is 0.416 e. The fourth-order valence-electron chi connectivity index (χ4n) is 1.77. The van der Waals surface area contributed by atoms with E-state index in [0.29, 0.717) is 5.82 Å². The van der Waals surface area contributed by atoms with Crippen LogP contribution in [0, 0.1) is 0 Å². The molecule has 1 aromatic rings. The minimum Gasteiger partial charge on any atom is -0.862 e. The standard InChI is InChI=1S/C16H21N3O7/c1-16(2,3)26-14(22)19(11-7-4-5-9-17-11)10-6-8-12(20)18-13(21)25-15(23)24/h4-5,7,9H,6,8,10H2,1-3H3,(H,23,24)(H,18,20,21)/p-2. The predicted octanol–water partition coefficient (Wildman–Crippen LogP) is 0.842. The number of nitrogens with zero attached hydrogens (tertiary/aromatic N) is 3. The molecule has 0 N–H and O–H groups in total. The van der Waals surface area contributed by atoms with Crippen LogP contribution in [0.25, 0.3) is 0 Å². The third-order valence-corrected chi connectivity index (χ3v) is 2.70. The SMILES string of the molecule is CC(C)(C)OC(=O)N(CCC/C([O-])=N\C(=O)OC(=O)[O-])c1ccccn1. The number of rotatable bonds is 5. The van der Waals surface area contributed by atoms with Crippen LogP contribution in [0.3, 0.4) is 0 Å². The second kappa shape index (κ2) is 9.35. The van der Waals surface area contributed by atoms with Crippen LogP contribution in [0.15, 0.2) is 29.4 Å². The van der Waals surface area contributed by atoms with E-state index in [0.717, 1.165) is 0 Å². The summed E-state index contributed by atoms with van der Waals surface area (Å²) in [6, 6.07) is 4.98. The first-order valence-corrected chi connectivity index (χ1v) is 7.67. The summed E-state index contributed by atoms with van der Waals surface area (Å²) in [5, 5.41) is 21.6. The first kappa shape index (κ1) is 20.9. The normalized spacial score (nSPS) is 11.6. The monoisotopic (exact) mass is 365 g/mol. The molecule has 0 atom stereocenters. The molecule has 10 heteroatoms. The van der Waals surface area contributed by atoms with Gasteiger partial charge in [0.05, 0.1) is 0 Å². The highest BCUT2D eigenvalue weighted by Gasteiger charge is 2.23. The number of hydrogen-bond donors (Lipinski definition) is 0. The minimum absolute atomic E-state index is 0.0721. The molecule has 1 aromatic heterocycles. The summed E-state index contributed by atoms with van der Waals surface area (Å²) >= 11 is 0. The highest BCUT2D eigenvalue weighted by atomic mass is 16.7. The summed E-state index contributed by atoms with van der Waals surface area (Å²) in [6.45, 7) is 5.22. The van der Waals surface area contributed by atoms with Gasteiger partial charge in [-0.15, -0.1) is 0 Å². The molecular weight excluding hydrogens is 346 g/mol. The lowest BCUT2D eigenvalue weighted by molar-refractivity contribution is -0.274. The molecule has 26 heavy (non-hydrogen) atoms. The van der Waals surface area contributed by atoms with Crippen molar-refractivity contribution in [2.24, 2.45) is 4.99 Å². The molecule has 0 aromatic carbocycles. The third kappa shape index (κ3) is 8.08. The maximum atomic E-state index is 12.3. The Morgan fingerprint density at radius 2 is 1.92 bits per heavy atom. The van der Waals surface area contributed by atoms with Crippen molar-refractivity contribution in [3.63, 3.8) is 0 Å². The van der Waals surface area contributed by atoms with Crippen molar-refractivity contribution < 1.29 is 34.1 Å². The molecule has 0 aliphatic heterocycles. The molecule has 0 radical (unpaired) electrons. The van der Waals surface area contributed by atoms with Crippen molar-refractivity contribution in [1.82, 2.24) is 4.98 Å². The highest BCUT2D eigenvalue weighted by Crippen LogP contribution is 2.16. The first-order chi connectivity index (χ1) is 12.1. The van der Waals surface area contributed by atoms with Crippen LogP contribution in [0.5, 0.6) is 0 Å². The van der Waals surface area contributed by atoms with E-state index in [4.69, 9.17) is 4.74 Å². The lowest BCUT2D eigenvalue weighted by atomic mass is 10.2. The molecule has 0 spiro atoms. The van der Waals surface area contributed by atoms with E-state index in [2.05, 4.69) is 14.7 Å². The van der Waals surface area contributed by atoms with E-state index in [1.165, 1.54) is 11.1 Å². The second-order valence-electron chi connectivity index (χ2n) is 6.05. The minimum atomic E-state index is -2.10. The van der Waals surface area contributed by atoms with Crippen molar-refractivity contribution >= 4 is 30.1 Å². The van der Waals surface area contributed by atoms with Gasteiger partial charge in [0.25, 0.3) is 6.16 Å². The van der Waals surface area contributed by atoms with E-state index >= 15 is 0 Å². The van der Waals surface area contributed by atoms with E-state index in [9.17, 15) is 24.6 Å². The van der Waals surface area contributed by atoms with E-state index in [-0.39, 0.29) is 19.4 Å². The van der Waals surface area contributed by atoms with Crippen molar-refractivity contribution in [2.45, 2.75) is 39.2 Å². The number of anilines is 1. The first-order valence-electron chi connectivity index (χ1n) is 7.67. The van der Waals surface area contributed by atoms with Gasteiger partial charge in [-0.1, -0.05) is 6.07 Å². The van der Waals surface area contributed by atoms with Gasteiger partial charge in [-0.3, -0.25) is 4.90 Å². The zero-order chi connectivity index (χ0) is 19.7. The number of aromatic nitrogens is 1. The van der Waals surface area contributed by atoms with Gasteiger partial charge in [0, 0.05) is 12.7 Å². The Balaban J connectivity index is 2.72. The van der Waals surface area contributed by atoms with Gasteiger partial charge in [-0.05, 0) is 51.6 Å².